The van der Waals surface area contributed by atoms with Crippen LogP contribution in [0.4, 0.5) is 11.4 Å². The van der Waals surface area contributed by atoms with E-state index in [1.807, 2.05) is 6.92 Å². The molecule has 10 heteroatoms. The van der Waals surface area contributed by atoms with Crippen molar-refractivity contribution in [3.8, 4) is 11.5 Å². The number of nitrogens with one attached hydrogen (secondary N) is 1. The van der Waals surface area contributed by atoms with Gasteiger partial charge in [-0.2, -0.15) is 5.10 Å². The van der Waals surface area contributed by atoms with Gasteiger partial charge < -0.3 is 10.1 Å². The first-order valence-electron chi connectivity index (χ1n) is 8.13. The van der Waals surface area contributed by atoms with E-state index >= 15 is 0 Å². The number of aryl methyl sites for hydroxylation is 1. The van der Waals surface area contributed by atoms with Crippen LogP contribution in [-0.4, -0.2) is 20.6 Å². The molecule has 0 aliphatic heterocycles. The Morgan fingerprint density at radius 1 is 1.29 bits per heavy atom. The minimum absolute atomic E-state index is 0.175. The lowest BCUT2D eigenvalue weighted by atomic mass is 10.2. The molecule has 0 fully saturated rings. The fourth-order valence-corrected chi connectivity index (χ4v) is 2.98. The molecular formula is C18H14BrClN4O4. The van der Waals surface area contributed by atoms with Gasteiger partial charge in [-0.3, -0.25) is 19.6 Å². The number of nitrogens with zero attached hydrogens (tertiary/aromatic N) is 3. The molecule has 1 amide bonds. The van der Waals surface area contributed by atoms with Gasteiger partial charge in [-0.15, -0.1) is 0 Å². The van der Waals surface area contributed by atoms with Gasteiger partial charge in [0.05, 0.1) is 21.1 Å². The molecule has 0 unspecified atom stereocenters. The lowest BCUT2D eigenvalue weighted by Crippen LogP contribution is -2.14. The largest absolute Gasteiger partial charge is 0.457 e. The summed E-state index contributed by atoms with van der Waals surface area (Å²) in [6.45, 7) is 2.49. The van der Waals surface area contributed by atoms with Crippen molar-refractivity contribution in [2.24, 2.45) is 0 Å². The third-order valence-corrected chi connectivity index (χ3v) is 4.50. The average molecular weight is 466 g/mol. The second kappa shape index (κ2) is 8.41. The number of non-ortho nitro benzene ring substituents is 1. The Hall–Kier alpha value is -2.91. The lowest BCUT2D eigenvalue weighted by molar-refractivity contribution is -0.384. The second-order valence-electron chi connectivity index (χ2n) is 5.66. The number of amides is 1. The van der Waals surface area contributed by atoms with Crippen molar-refractivity contribution < 1.29 is 14.5 Å². The van der Waals surface area contributed by atoms with Gasteiger partial charge >= 0.3 is 0 Å². The zero-order chi connectivity index (χ0) is 20.3. The van der Waals surface area contributed by atoms with Gasteiger partial charge in [-0.1, -0.05) is 11.6 Å². The van der Waals surface area contributed by atoms with Gasteiger partial charge in [0.2, 0.25) is 0 Å². The topological polar surface area (TPSA) is 99.3 Å². The highest BCUT2D eigenvalue weighted by Gasteiger charge is 2.18. The van der Waals surface area contributed by atoms with Gasteiger partial charge in [-0.05, 0) is 47.1 Å². The van der Waals surface area contributed by atoms with Crippen molar-refractivity contribution in [2.45, 2.75) is 13.5 Å². The smallest absolute Gasteiger partial charge is 0.277 e. The second-order valence-corrected chi connectivity index (χ2v) is 6.95. The molecule has 0 aliphatic rings. The van der Waals surface area contributed by atoms with Crippen LogP contribution < -0.4 is 10.1 Å². The number of aromatic nitrogens is 2. The van der Waals surface area contributed by atoms with Crippen molar-refractivity contribution in [1.29, 1.82) is 0 Å². The summed E-state index contributed by atoms with van der Waals surface area (Å²) in [5.74, 6) is 0.147. The van der Waals surface area contributed by atoms with E-state index in [9.17, 15) is 14.9 Å². The SMILES string of the molecule is CCn1cc(Br)c(C(=O)Nc2cc(Oc3ccc(Cl)cc3)cc([N+](=O)[O-])c2)n1. The predicted octanol–water partition coefficient (Wildman–Crippen LogP) is 5.27. The molecule has 3 rings (SSSR count). The molecule has 3 aromatic rings. The molecule has 0 spiro atoms. The molecule has 0 saturated heterocycles. The van der Waals surface area contributed by atoms with Crippen LogP contribution >= 0.6 is 27.5 Å². The van der Waals surface area contributed by atoms with E-state index in [0.29, 0.717) is 21.8 Å². The maximum atomic E-state index is 12.5. The molecule has 144 valence electrons. The molecule has 1 N–H and O–H groups in total. The number of nitro groups is 1. The van der Waals surface area contributed by atoms with Crippen LogP contribution in [0, 0.1) is 10.1 Å². The number of hydrogen-bond acceptors (Lipinski definition) is 5. The highest BCUT2D eigenvalue weighted by molar-refractivity contribution is 9.10. The van der Waals surface area contributed by atoms with Crippen LogP contribution in [0.3, 0.4) is 0 Å². The predicted molar refractivity (Wildman–Crippen MR) is 108 cm³/mol. The van der Waals surface area contributed by atoms with Crippen LogP contribution in [0.1, 0.15) is 17.4 Å². The van der Waals surface area contributed by atoms with E-state index < -0.39 is 10.8 Å². The molecule has 1 heterocycles. The van der Waals surface area contributed by atoms with Crippen molar-refractivity contribution in [3.63, 3.8) is 0 Å². The summed E-state index contributed by atoms with van der Waals surface area (Å²) in [7, 11) is 0. The Morgan fingerprint density at radius 2 is 2.00 bits per heavy atom. The first-order valence-corrected chi connectivity index (χ1v) is 9.30. The zero-order valence-electron chi connectivity index (χ0n) is 14.6. The van der Waals surface area contributed by atoms with Crippen LogP contribution in [0.25, 0.3) is 0 Å². The Kier molecular flexibility index (Phi) is 5.96. The highest BCUT2D eigenvalue weighted by atomic mass is 79.9. The Bertz CT molecular complexity index is 1040. The molecular weight excluding hydrogens is 452 g/mol. The summed E-state index contributed by atoms with van der Waals surface area (Å²) in [5, 5.41) is 18.6. The van der Waals surface area contributed by atoms with E-state index in [1.165, 1.54) is 18.2 Å². The molecule has 1 aromatic heterocycles. The first kappa shape index (κ1) is 19.8. The molecule has 0 atom stereocenters. The van der Waals surface area contributed by atoms with Crippen LogP contribution in [0.5, 0.6) is 11.5 Å². The number of benzene rings is 2. The summed E-state index contributed by atoms with van der Waals surface area (Å²) in [4.78, 5) is 23.2. The number of nitro benzene ring substituents is 1. The molecule has 0 radical (unpaired) electrons. The minimum atomic E-state index is -0.563. The van der Waals surface area contributed by atoms with Crippen LogP contribution in [0.15, 0.2) is 53.1 Å². The summed E-state index contributed by atoms with van der Waals surface area (Å²) in [6, 6.07) is 10.5. The maximum Gasteiger partial charge on any atom is 0.277 e. The van der Waals surface area contributed by atoms with Crippen LogP contribution in [0.2, 0.25) is 5.02 Å². The fourth-order valence-electron chi connectivity index (χ4n) is 2.36. The van der Waals surface area contributed by atoms with Gasteiger partial charge in [0, 0.05) is 29.9 Å². The molecule has 0 bridgehead atoms. The molecule has 2 aromatic carbocycles. The summed E-state index contributed by atoms with van der Waals surface area (Å²) < 4.78 is 7.78. The van der Waals surface area contributed by atoms with Crippen molar-refractivity contribution in [1.82, 2.24) is 9.78 Å². The van der Waals surface area contributed by atoms with Crippen LogP contribution in [-0.2, 0) is 6.54 Å². The van der Waals surface area contributed by atoms with Gasteiger partial charge in [-0.25, -0.2) is 0 Å². The van der Waals surface area contributed by atoms with Gasteiger partial charge in [0.25, 0.3) is 11.6 Å². The number of rotatable bonds is 6. The molecule has 0 saturated carbocycles. The molecule has 0 aliphatic carbocycles. The van der Waals surface area contributed by atoms with E-state index in [-0.39, 0.29) is 22.8 Å². The normalized spacial score (nSPS) is 10.5. The summed E-state index contributed by atoms with van der Waals surface area (Å²) in [6.07, 6.45) is 1.68. The Labute approximate surface area is 173 Å². The van der Waals surface area contributed by atoms with E-state index in [1.54, 1.807) is 35.1 Å². The Balaban J connectivity index is 1.88. The minimum Gasteiger partial charge on any atom is -0.457 e. The summed E-state index contributed by atoms with van der Waals surface area (Å²) in [5.41, 5.74) is 0.162. The molecule has 8 nitrogen and oxygen atoms in total. The lowest BCUT2D eigenvalue weighted by Gasteiger charge is -2.09. The van der Waals surface area contributed by atoms with Gasteiger partial charge in [0.15, 0.2) is 5.69 Å². The maximum absolute atomic E-state index is 12.5. The molecule has 28 heavy (non-hydrogen) atoms. The average Bonchev–Trinajstić information content (AvgIpc) is 3.04. The van der Waals surface area contributed by atoms with E-state index in [2.05, 4.69) is 26.3 Å². The number of carbonyl (C=O) groups is 1. The summed E-state index contributed by atoms with van der Waals surface area (Å²) >= 11 is 9.13. The zero-order valence-corrected chi connectivity index (χ0v) is 16.9. The highest BCUT2D eigenvalue weighted by Crippen LogP contribution is 2.30. The van der Waals surface area contributed by atoms with Crippen molar-refractivity contribution in [2.75, 3.05) is 5.32 Å². The number of ether oxygens (including phenoxy) is 1. The quantitative estimate of drug-likeness (QED) is 0.395. The fraction of sp³-hybridized carbons (Fsp3) is 0.111. The number of halogens is 2. The number of hydrogen-bond donors (Lipinski definition) is 1. The van der Waals surface area contributed by atoms with E-state index in [4.69, 9.17) is 16.3 Å². The standard InChI is InChI=1S/C18H14BrClN4O4/c1-2-23-10-16(19)17(22-23)18(25)21-12-7-13(24(26)27)9-15(8-12)28-14-5-3-11(20)4-6-14/h3-10H,2H2,1H3,(H,21,25). The van der Waals surface area contributed by atoms with E-state index in [0.717, 1.165) is 0 Å². The first-order chi connectivity index (χ1) is 13.4. The monoisotopic (exact) mass is 464 g/mol. The number of carbonyl (C=O) groups excluding carboxylic acids is 1. The Morgan fingerprint density at radius 3 is 2.61 bits per heavy atom. The number of anilines is 1. The third-order valence-electron chi connectivity index (χ3n) is 3.67. The van der Waals surface area contributed by atoms with Crippen molar-refractivity contribution in [3.05, 3.63) is 74.0 Å². The van der Waals surface area contributed by atoms with Crippen molar-refractivity contribution >= 4 is 44.8 Å². The van der Waals surface area contributed by atoms with Gasteiger partial charge in [0.1, 0.15) is 11.5 Å². The third kappa shape index (κ3) is 4.68.